The van der Waals surface area contributed by atoms with Gasteiger partial charge in [0.1, 0.15) is 11.7 Å². The van der Waals surface area contributed by atoms with Gasteiger partial charge < -0.3 is 18.9 Å². The topological polar surface area (TPSA) is 94.6 Å². The highest BCUT2D eigenvalue weighted by molar-refractivity contribution is 5.63. The molecule has 1 saturated heterocycles. The van der Waals surface area contributed by atoms with Gasteiger partial charge in [-0.2, -0.15) is 5.21 Å². The first-order valence-corrected chi connectivity index (χ1v) is 14.2. The number of hydrogen-bond acceptors (Lipinski definition) is 8. The Kier molecular flexibility index (Phi) is 5.19. The fraction of sp³-hybridized carbons (Fsp3) is 0.567. The summed E-state index contributed by atoms with van der Waals surface area (Å²) in [7, 11) is 3.63. The largest absolute Gasteiger partial charge is 0.493 e. The number of ether oxygens (including phenoxy) is 4. The van der Waals surface area contributed by atoms with Crippen molar-refractivity contribution in [1.29, 1.82) is 0 Å². The number of methoxy groups -OCH3 is 2. The van der Waals surface area contributed by atoms with Crippen molar-refractivity contribution in [2.24, 2.45) is 11.3 Å². The average Bonchev–Trinajstić information content (AvgIpc) is 3.61. The normalized spacial score (nSPS) is 35.5. The summed E-state index contributed by atoms with van der Waals surface area (Å²) in [4.78, 5) is 2.62. The second-order valence-corrected chi connectivity index (χ2v) is 12.1. The molecule has 3 saturated carbocycles. The molecule has 9 nitrogen and oxygen atoms in total. The first kappa shape index (κ1) is 23.8. The van der Waals surface area contributed by atoms with E-state index in [2.05, 4.69) is 61.9 Å². The standard InChI is InChI=1S/C30H35N5O4/c1-36-22-9-8-20-14-23-28-10-11-30(37-2,21(15-28)18-38-17-19-6-4-3-5-7-19)27-29(28,25(20)26(22)39-27)12-13-35(23)16-24-31-33-34-32-24/h3-9,21,23,27H,10-18H2,1-2H3,(H,31,32,33,34). The van der Waals surface area contributed by atoms with Crippen molar-refractivity contribution in [3.8, 4) is 11.5 Å². The van der Waals surface area contributed by atoms with Gasteiger partial charge in [-0.1, -0.05) is 41.6 Å². The molecule has 4 fully saturated rings. The maximum atomic E-state index is 7.10. The van der Waals surface area contributed by atoms with Crippen LogP contribution in [0.4, 0.5) is 0 Å². The third-order valence-electron chi connectivity index (χ3n) is 11.0. The van der Waals surface area contributed by atoms with Crippen LogP contribution in [-0.2, 0) is 34.5 Å². The van der Waals surface area contributed by atoms with Crippen LogP contribution in [0.5, 0.6) is 11.5 Å². The number of piperidine rings is 1. The van der Waals surface area contributed by atoms with E-state index in [1.165, 1.54) is 16.7 Å². The lowest BCUT2D eigenvalue weighted by atomic mass is 9.35. The maximum absolute atomic E-state index is 7.10. The molecule has 0 radical (unpaired) electrons. The molecule has 6 atom stereocenters. The van der Waals surface area contributed by atoms with Crippen LogP contribution in [0.2, 0.25) is 0 Å². The minimum absolute atomic E-state index is 0.0469. The number of nitrogens with one attached hydrogen (secondary N) is 1. The Morgan fingerprint density at radius 3 is 2.79 bits per heavy atom. The average molecular weight is 530 g/mol. The molecule has 9 rings (SSSR count). The first-order chi connectivity index (χ1) is 19.1. The van der Waals surface area contributed by atoms with Crippen molar-refractivity contribution < 1.29 is 18.9 Å². The number of nitrogens with zero attached hydrogens (tertiary/aromatic N) is 4. The molecule has 1 aromatic heterocycles. The molecule has 4 aliphatic carbocycles. The Bertz CT molecular complexity index is 1390. The van der Waals surface area contributed by atoms with Gasteiger partial charge in [-0.05, 0) is 55.8 Å². The zero-order valence-electron chi connectivity index (χ0n) is 22.6. The van der Waals surface area contributed by atoms with Crippen LogP contribution in [0.25, 0.3) is 0 Å². The van der Waals surface area contributed by atoms with Crippen molar-refractivity contribution in [3.63, 3.8) is 0 Å². The Morgan fingerprint density at radius 2 is 2.00 bits per heavy atom. The molecule has 204 valence electrons. The van der Waals surface area contributed by atoms with Gasteiger partial charge in [0.25, 0.3) is 0 Å². The van der Waals surface area contributed by atoms with E-state index in [0.29, 0.717) is 25.8 Å². The van der Waals surface area contributed by atoms with E-state index < -0.39 is 5.60 Å². The second-order valence-electron chi connectivity index (χ2n) is 12.1. The Balaban J connectivity index is 1.23. The minimum Gasteiger partial charge on any atom is -0.493 e. The molecule has 0 amide bonds. The molecule has 6 aliphatic rings. The summed E-state index contributed by atoms with van der Waals surface area (Å²) in [6.45, 7) is 2.92. The smallest absolute Gasteiger partial charge is 0.188 e. The van der Waals surface area contributed by atoms with E-state index in [1.54, 1.807) is 7.11 Å². The molecule has 39 heavy (non-hydrogen) atoms. The van der Waals surface area contributed by atoms with Crippen molar-refractivity contribution in [1.82, 2.24) is 25.5 Å². The highest BCUT2D eigenvalue weighted by Crippen LogP contribution is 2.76. The van der Waals surface area contributed by atoms with Crippen LogP contribution in [0, 0.1) is 11.3 Å². The number of hydrogen-bond donors (Lipinski definition) is 1. The monoisotopic (exact) mass is 529 g/mol. The van der Waals surface area contributed by atoms with Gasteiger partial charge >= 0.3 is 0 Å². The second kappa shape index (κ2) is 8.49. The van der Waals surface area contributed by atoms with Gasteiger partial charge in [0, 0.05) is 35.5 Å². The lowest BCUT2D eigenvalue weighted by Gasteiger charge is -2.73. The van der Waals surface area contributed by atoms with E-state index in [9.17, 15) is 0 Å². The van der Waals surface area contributed by atoms with Crippen molar-refractivity contribution >= 4 is 0 Å². The molecular weight excluding hydrogens is 494 g/mol. The Hall–Kier alpha value is -3.01. The summed E-state index contributed by atoms with van der Waals surface area (Å²) in [6.07, 6.45) is 5.07. The number of rotatable bonds is 8. The number of aromatic nitrogens is 4. The number of H-pyrrole nitrogens is 1. The fourth-order valence-corrected chi connectivity index (χ4v) is 9.56. The van der Waals surface area contributed by atoms with Crippen LogP contribution in [0.1, 0.15) is 48.2 Å². The summed E-state index contributed by atoms with van der Waals surface area (Å²) in [5.74, 6) is 2.77. The van der Waals surface area contributed by atoms with Crippen LogP contribution in [-0.4, -0.2) is 70.6 Å². The van der Waals surface area contributed by atoms with Crippen molar-refractivity contribution in [2.75, 3.05) is 27.4 Å². The van der Waals surface area contributed by atoms with Gasteiger partial charge in [0.15, 0.2) is 17.3 Å². The maximum Gasteiger partial charge on any atom is 0.188 e. The summed E-state index contributed by atoms with van der Waals surface area (Å²) in [5, 5.41) is 15.1. The molecule has 2 aliphatic heterocycles. The van der Waals surface area contributed by atoms with E-state index in [4.69, 9.17) is 18.9 Å². The molecular formula is C30H35N5O4. The Labute approximate surface area is 228 Å². The Morgan fingerprint density at radius 1 is 1.10 bits per heavy atom. The lowest BCUT2D eigenvalue weighted by molar-refractivity contribution is -0.284. The van der Waals surface area contributed by atoms with Crippen molar-refractivity contribution in [3.05, 3.63) is 65.0 Å². The first-order valence-electron chi connectivity index (χ1n) is 14.2. The molecule has 4 bridgehead atoms. The highest BCUT2D eigenvalue weighted by Gasteiger charge is 2.80. The SMILES string of the molecule is COc1ccc2c3c1OC1C4(OC)CCC5(CC4COCc4ccccc4)C(C2)N(Cc2nn[nH]n2)CCC315. The fourth-order valence-electron chi connectivity index (χ4n) is 9.56. The minimum atomic E-state index is -0.405. The number of likely N-dealkylation sites (tertiary alicyclic amines) is 1. The van der Waals surface area contributed by atoms with Gasteiger partial charge in [-0.15, -0.1) is 10.2 Å². The number of benzene rings is 2. The zero-order chi connectivity index (χ0) is 26.2. The number of aromatic amines is 1. The van der Waals surface area contributed by atoms with Crippen LogP contribution in [0.3, 0.4) is 0 Å². The molecule has 9 heteroatoms. The molecule has 2 aromatic carbocycles. The van der Waals surface area contributed by atoms with Gasteiger partial charge in [-0.3, -0.25) is 4.90 Å². The molecule has 3 aromatic rings. The predicted molar refractivity (Wildman–Crippen MR) is 141 cm³/mol. The lowest BCUT2D eigenvalue weighted by Crippen LogP contribution is -2.81. The van der Waals surface area contributed by atoms with E-state index >= 15 is 0 Å². The summed E-state index contributed by atoms with van der Waals surface area (Å²) in [6, 6.07) is 15.1. The molecule has 1 N–H and O–H groups in total. The van der Waals surface area contributed by atoms with Gasteiger partial charge in [0.2, 0.25) is 0 Å². The van der Waals surface area contributed by atoms with Gasteiger partial charge in [0.05, 0.1) is 26.9 Å². The third-order valence-corrected chi connectivity index (χ3v) is 11.0. The van der Waals surface area contributed by atoms with E-state index in [1.807, 2.05) is 13.2 Å². The summed E-state index contributed by atoms with van der Waals surface area (Å²) < 4.78 is 26.0. The van der Waals surface area contributed by atoms with E-state index in [-0.39, 0.29) is 22.9 Å². The predicted octanol–water partition coefficient (Wildman–Crippen LogP) is 3.44. The molecule has 6 unspecified atom stereocenters. The summed E-state index contributed by atoms with van der Waals surface area (Å²) >= 11 is 0. The third kappa shape index (κ3) is 2.98. The van der Waals surface area contributed by atoms with Gasteiger partial charge in [-0.25, -0.2) is 0 Å². The zero-order valence-corrected chi connectivity index (χ0v) is 22.6. The van der Waals surface area contributed by atoms with Crippen LogP contribution >= 0.6 is 0 Å². The van der Waals surface area contributed by atoms with Crippen molar-refractivity contribution in [2.45, 2.75) is 68.4 Å². The molecule has 3 heterocycles. The molecule has 2 spiro atoms. The summed E-state index contributed by atoms with van der Waals surface area (Å²) in [5.41, 5.74) is 3.51. The number of tetrazole rings is 1. The quantitative estimate of drug-likeness (QED) is 0.474. The number of fused-ring (bicyclic) bond motifs is 2. The van der Waals surface area contributed by atoms with Crippen LogP contribution in [0.15, 0.2) is 42.5 Å². The van der Waals surface area contributed by atoms with Crippen LogP contribution < -0.4 is 9.47 Å². The highest BCUT2D eigenvalue weighted by atomic mass is 16.6. The van der Waals surface area contributed by atoms with E-state index in [0.717, 1.165) is 56.0 Å².